The highest BCUT2D eigenvalue weighted by Gasteiger charge is 2.33. The van der Waals surface area contributed by atoms with E-state index in [2.05, 4.69) is 43.4 Å². The van der Waals surface area contributed by atoms with Crippen LogP contribution in [-0.2, 0) is 4.74 Å². The van der Waals surface area contributed by atoms with E-state index in [-0.39, 0.29) is 0 Å². The molecule has 1 aliphatic heterocycles. The molecule has 3 rings (SSSR count). The summed E-state index contributed by atoms with van der Waals surface area (Å²) in [6.45, 7) is 7.59. The smallest absolute Gasteiger partial charge is 0.0471 e. The second kappa shape index (κ2) is 5.87. The minimum absolute atomic E-state index is 0.452. The highest BCUT2D eigenvalue weighted by atomic mass is 16.5. The molecule has 1 aromatic rings. The van der Waals surface area contributed by atoms with Crippen LogP contribution in [0.2, 0.25) is 0 Å². The number of nitrogens with one attached hydrogen (secondary N) is 1. The molecule has 1 N–H and O–H groups in total. The number of benzene rings is 1. The fourth-order valence-electron chi connectivity index (χ4n) is 3.33. The zero-order chi connectivity index (χ0) is 14.0. The van der Waals surface area contributed by atoms with E-state index in [1.807, 2.05) is 0 Å². The van der Waals surface area contributed by atoms with Crippen molar-refractivity contribution in [2.75, 3.05) is 19.8 Å². The lowest BCUT2D eigenvalue weighted by molar-refractivity contribution is 0.0211. The summed E-state index contributed by atoms with van der Waals surface area (Å²) in [6, 6.07) is 9.80. The number of ether oxygens (including phenoxy) is 1. The van der Waals surface area contributed by atoms with Crippen LogP contribution in [0.3, 0.4) is 0 Å². The first-order valence-electron chi connectivity index (χ1n) is 8.02. The summed E-state index contributed by atoms with van der Waals surface area (Å²) in [6.07, 6.45) is 5.01. The quantitative estimate of drug-likeness (QED) is 0.904. The topological polar surface area (TPSA) is 21.3 Å². The highest BCUT2D eigenvalue weighted by Crippen LogP contribution is 2.38. The van der Waals surface area contributed by atoms with Crippen LogP contribution in [0, 0.1) is 12.3 Å². The van der Waals surface area contributed by atoms with Crippen molar-refractivity contribution >= 4 is 0 Å². The van der Waals surface area contributed by atoms with Gasteiger partial charge in [0.2, 0.25) is 0 Å². The molecule has 0 radical (unpaired) electrons. The number of aryl methyl sites for hydroxylation is 1. The molecule has 2 heteroatoms. The molecular formula is C18H27NO. The van der Waals surface area contributed by atoms with Gasteiger partial charge in [0, 0.05) is 25.8 Å². The summed E-state index contributed by atoms with van der Waals surface area (Å²) >= 11 is 0. The van der Waals surface area contributed by atoms with Crippen molar-refractivity contribution in [1.29, 1.82) is 0 Å². The summed E-state index contributed by atoms with van der Waals surface area (Å²) in [4.78, 5) is 0. The second-order valence-corrected chi connectivity index (χ2v) is 7.08. The van der Waals surface area contributed by atoms with E-state index in [1.54, 1.807) is 0 Å². The lowest BCUT2D eigenvalue weighted by Crippen LogP contribution is -2.46. The van der Waals surface area contributed by atoms with Gasteiger partial charge in [0.15, 0.2) is 0 Å². The molecule has 0 unspecified atom stereocenters. The van der Waals surface area contributed by atoms with Crippen LogP contribution in [-0.4, -0.2) is 25.8 Å². The van der Waals surface area contributed by atoms with Crippen molar-refractivity contribution < 1.29 is 4.74 Å². The lowest BCUT2D eigenvalue weighted by atomic mass is 9.74. The van der Waals surface area contributed by atoms with Gasteiger partial charge >= 0.3 is 0 Å². The van der Waals surface area contributed by atoms with Crippen molar-refractivity contribution in [3.63, 3.8) is 0 Å². The molecule has 2 aliphatic rings. The summed E-state index contributed by atoms with van der Waals surface area (Å²) in [7, 11) is 0. The molecule has 0 aromatic heterocycles. The van der Waals surface area contributed by atoms with Gasteiger partial charge in [0.1, 0.15) is 0 Å². The Balaban J connectivity index is 1.43. The largest absolute Gasteiger partial charge is 0.381 e. The molecule has 2 fully saturated rings. The standard InChI is InChI=1S/C18H27NO/c1-14-3-5-15(6-4-14)16-11-17(12-16)19-13-18(2)7-9-20-10-8-18/h3-6,16-17,19H,7-13H2,1-2H3. The maximum atomic E-state index is 5.47. The first kappa shape index (κ1) is 14.1. The van der Waals surface area contributed by atoms with E-state index >= 15 is 0 Å². The molecule has 0 bridgehead atoms. The molecule has 1 aliphatic carbocycles. The molecule has 0 amide bonds. The van der Waals surface area contributed by atoms with E-state index < -0.39 is 0 Å². The summed E-state index contributed by atoms with van der Waals surface area (Å²) < 4.78 is 5.47. The average Bonchev–Trinajstić information content (AvgIpc) is 2.40. The third-order valence-electron chi connectivity index (χ3n) is 5.20. The lowest BCUT2D eigenvalue weighted by Gasteiger charge is -2.40. The average molecular weight is 273 g/mol. The minimum atomic E-state index is 0.452. The third kappa shape index (κ3) is 3.24. The predicted octanol–water partition coefficient (Wildman–Crippen LogP) is 3.65. The maximum Gasteiger partial charge on any atom is 0.0471 e. The van der Waals surface area contributed by atoms with Gasteiger partial charge in [-0.15, -0.1) is 0 Å². The Hall–Kier alpha value is -0.860. The third-order valence-corrected chi connectivity index (χ3v) is 5.20. The Kier molecular flexibility index (Phi) is 4.13. The minimum Gasteiger partial charge on any atom is -0.381 e. The highest BCUT2D eigenvalue weighted by molar-refractivity contribution is 5.26. The van der Waals surface area contributed by atoms with Gasteiger partial charge in [0.05, 0.1) is 0 Å². The van der Waals surface area contributed by atoms with Crippen molar-refractivity contribution in [1.82, 2.24) is 5.32 Å². The Morgan fingerprint density at radius 3 is 2.45 bits per heavy atom. The van der Waals surface area contributed by atoms with Crippen molar-refractivity contribution in [3.8, 4) is 0 Å². The fraction of sp³-hybridized carbons (Fsp3) is 0.667. The first-order chi connectivity index (χ1) is 9.65. The van der Waals surface area contributed by atoms with Crippen LogP contribution in [0.4, 0.5) is 0 Å². The van der Waals surface area contributed by atoms with Gasteiger partial charge in [-0.1, -0.05) is 36.8 Å². The predicted molar refractivity (Wildman–Crippen MR) is 83.1 cm³/mol. The number of hydrogen-bond donors (Lipinski definition) is 1. The fourth-order valence-corrected chi connectivity index (χ4v) is 3.33. The molecule has 1 heterocycles. The van der Waals surface area contributed by atoms with E-state index in [0.717, 1.165) is 31.7 Å². The van der Waals surface area contributed by atoms with Crippen LogP contribution in [0.15, 0.2) is 24.3 Å². The molecule has 1 aromatic carbocycles. The van der Waals surface area contributed by atoms with Crippen LogP contribution in [0.5, 0.6) is 0 Å². The van der Waals surface area contributed by atoms with E-state index in [1.165, 1.54) is 36.8 Å². The zero-order valence-corrected chi connectivity index (χ0v) is 12.8. The van der Waals surface area contributed by atoms with Crippen LogP contribution < -0.4 is 5.32 Å². The van der Waals surface area contributed by atoms with E-state index in [9.17, 15) is 0 Å². The summed E-state index contributed by atoms with van der Waals surface area (Å²) in [5, 5.41) is 3.78. The van der Waals surface area contributed by atoms with E-state index in [4.69, 9.17) is 4.74 Å². The summed E-state index contributed by atoms with van der Waals surface area (Å²) in [5.74, 6) is 0.774. The molecule has 20 heavy (non-hydrogen) atoms. The van der Waals surface area contributed by atoms with E-state index in [0.29, 0.717) is 5.41 Å². The Bertz CT molecular complexity index is 427. The van der Waals surface area contributed by atoms with Crippen molar-refractivity contribution in [2.24, 2.45) is 5.41 Å². The van der Waals surface area contributed by atoms with Crippen molar-refractivity contribution in [2.45, 2.75) is 51.5 Å². The molecule has 0 spiro atoms. The van der Waals surface area contributed by atoms with Gasteiger partial charge in [-0.3, -0.25) is 0 Å². The van der Waals surface area contributed by atoms with Gasteiger partial charge in [-0.2, -0.15) is 0 Å². The van der Waals surface area contributed by atoms with Gasteiger partial charge in [-0.05, 0) is 49.5 Å². The maximum absolute atomic E-state index is 5.47. The molecule has 0 atom stereocenters. The molecular weight excluding hydrogens is 246 g/mol. The van der Waals surface area contributed by atoms with Gasteiger partial charge < -0.3 is 10.1 Å². The number of rotatable bonds is 4. The van der Waals surface area contributed by atoms with Gasteiger partial charge in [-0.25, -0.2) is 0 Å². The molecule has 1 saturated carbocycles. The Morgan fingerprint density at radius 1 is 1.15 bits per heavy atom. The molecule has 2 nitrogen and oxygen atoms in total. The van der Waals surface area contributed by atoms with Gasteiger partial charge in [0.25, 0.3) is 0 Å². The van der Waals surface area contributed by atoms with Crippen LogP contribution >= 0.6 is 0 Å². The zero-order valence-electron chi connectivity index (χ0n) is 12.8. The van der Waals surface area contributed by atoms with Crippen molar-refractivity contribution in [3.05, 3.63) is 35.4 Å². The SMILES string of the molecule is Cc1ccc(C2CC(NCC3(C)CCOCC3)C2)cc1. The Labute approximate surface area is 122 Å². The Morgan fingerprint density at radius 2 is 1.80 bits per heavy atom. The molecule has 1 saturated heterocycles. The second-order valence-electron chi connectivity index (χ2n) is 7.08. The normalized spacial score (nSPS) is 28.9. The first-order valence-corrected chi connectivity index (χ1v) is 8.02. The van der Waals surface area contributed by atoms with Crippen LogP contribution in [0.25, 0.3) is 0 Å². The monoisotopic (exact) mass is 273 g/mol. The molecule has 110 valence electrons. The number of hydrogen-bond acceptors (Lipinski definition) is 2. The summed E-state index contributed by atoms with van der Waals surface area (Å²) in [5.41, 5.74) is 3.33. The van der Waals surface area contributed by atoms with Crippen LogP contribution in [0.1, 0.15) is 49.7 Å².